The maximum atomic E-state index is 9.36. The highest BCUT2D eigenvalue weighted by atomic mass is 16.3. The van der Waals surface area contributed by atoms with Crippen molar-refractivity contribution in [2.75, 3.05) is 5.32 Å². The van der Waals surface area contributed by atoms with Gasteiger partial charge in [-0.05, 0) is 35.6 Å². The Labute approximate surface area is 85.0 Å². The van der Waals surface area contributed by atoms with Crippen molar-refractivity contribution in [1.82, 2.24) is 0 Å². The van der Waals surface area contributed by atoms with E-state index >= 15 is 0 Å². The molecule has 1 heterocycles. The molecule has 2 heteroatoms. The third-order valence-corrected chi connectivity index (χ3v) is 2.89. The van der Waals surface area contributed by atoms with Crippen molar-refractivity contribution >= 4 is 5.69 Å². The molecule has 0 radical (unpaired) electrons. The summed E-state index contributed by atoms with van der Waals surface area (Å²) in [6, 6.07) is 6.01. The number of rotatable bonds is 0. The normalized spacial score (nSPS) is 20.4. The molecule has 1 aliphatic heterocycles. The highest BCUT2D eigenvalue weighted by Crippen LogP contribution is 2.35. The van der Waals surface area contributed by atoms with Crippen molar-refractivity contribution in [3.8, 4) is 5.75 Å². The van der Waals surface area contributed by atoms with Crippen LogP contribution in [0.15, 0.2) is 18.2 Å². The van der Waals surface area contributed by atoms with Crippen molar-refractivity contribution < 1.29 is 5.11 Å². The molecule has 1 unspecified atom stereocenters. The minimum Gasteiger partial charge on any atom is -0.508 e. The van der Waals surface area contributed by atoms with Crippen LogP contribution in [0.3, 0.4) is 0 Å². The largest absolute Gasteiger partial charge is 0.508 e. The molecule has 14 heavy (non-hydrogen) atoms. The molecule has 0 amide bonds. The SMILES string of the molecule is CC(C)(C)C1Cc2cc(O)ccc2N1. The summed E-state index contributed by atoms with van der Waals surface area (Å²) in [5, 5.41) is 12.8. The highest BCUT2D eigenvalue weighted by Gasteiger charge is 2.30. The molecule has 2 N–H and O–H groups in total. The topological polar surface area (TPSA) is 32.3 Å². The van der Waals surface area contributed by atoms with Crippen LogP contribution in [0.4, 0.5) is 5.69 Å². The van der Waals surface area contributed by atoms with Crippen LogP contribution in [0.1, 0.15) is 26.3 Å². The van der Waals surface area contributed by atoms with Crippen molar-refractivity contribution in [3.63, 3.8) is 0 Å². The smallest absolute Gasteiger partial charge is 0.116 e. The highest BCUT2D eigenvalue weighted by molar-refractivity contribution is 5.59. The van der Waals surface area contributed by atoms with Gasteiger partial charge in [-0.25, -0.2) is 0 Å². The van der Waals surface area contributed by atoms with E-state index in [4.69, 9.17) is 0 Å². The van der Waals surface area contributed by atoms with Crippen LogP contribution in [-0.2, 0) is 6.42 Å². The standard InChI is InChI=1S/C12H17NO/c1-12(2,3)11-7-8-6-9(14)4-5-10(8)13-11/h4-6,11,13-14H,7H2,1-3H3. The fourth-order valence-electron chi connectivity index (χ4n) is 1.87. The zero-order chi connectivity index (χ0) is 10.3. The molecule has 0 bridgehead atoms. The molecule has 0 saturated carbocycles. The van der Waals surface area contributed by atoms with Gasteiger partial charge in [0.2, 0.25) is 0 Å². The summed E-state index contributed by atoms with van der Waals surface area (Å²) in [6.07, 6.45) is 1.01. The Kier molecular flexibility index (Phi) is 1.95. The molecule has 1 aromatic carbocycles. The average Bonchev–Trinajstić information content (AvgIpc) is 2.45. The lowest BCUT2D eigenvalue weighted by Gasteiger charge is -2.27. The number of nitrogens with one attached hydrogen (secondary N) is 1. The van der Waals surface area contributed by atoms with Gasteiger partial charge in [0.1, 0.15) is 5.75 Å². The Hall–Kier alpha value is -1.18. The molecule has 2 nitrogen and oxygen atoms in total. The van der Waals surface area contributed by atoms with Crippen LogP contribution >= 0.6 is 0 Å². The number of benzene rings is 1. The Balaban J connectivity index is 2.26. The minimum absolute atomic E-state index is 0.259. The van der Waals surface area contributed by atoms with Crippen molar-refractivity contribution in [2.24, 2.45) is 5.41 Å². The van der Waals surface area contributed by atoms with E-state index in [2.05, 4.69) is 26.1 Å². The summed E-state index contributed by atoms with van der Waals surface area (Å²) in [7, 11) is 0. The second kappa shape index (κ2) is 2.91. The lowest BCUT2D eigenvalue weighted by Crippen LogP contribution is -2.31. The second-order valence-corrected chi connectivity index (χ2v) is 5.11. The number of hydrogen-bond acceptors (Lipinski definition) is 2. The van der Waals surface area contributed by atoms with Gasteiger partial charge in [0, 0.05) is 11.7 Å². The first-order valence-corrected chi connectivity index (χ1v) is 5.05. The Morgan fingerprint density at radius 1 is 1.36 bits per heavy atom. The van der Waals surface area contributed by atoms with Gasteiger partial charge in [-0.1, -0.05) is 20.8 Å². The minimum atomic E-state index is 0.259. The van der Waals surface area contributed by atoms with Crippen LogP contribution in [0, 0.1) is 5.41 Å². The quantitative estimate of drug-likeness (QED) is 0.618. The molecule has 2 rings (SSSR count). The number of phenolic OH excluding ortho intramolecular Hbond substituents is 1. The number of aromatic hydroxyl groups is 1. The van der Waals surface area contributed by atoms with Gasteiger partial charge in [0.05, 0.1) is 0 Å². The summed E-state index contributed by atoms with van der Waals surface area (Å²) < 4.78 is 0. The van der Waals surface area contributed by atoms with Gasteiger partial charge >= 0.3 is 0 Å². The van der Waals surface area contributed by atoms with E-state index in [1.807, 2.05) is 12.1 Å². The zero-order valence-electron chi connectivity index (χ0n) is 8.96. The molecule has 1 atom stereocenters. The third-order valence-electron chi connectivity index (χ3n) is 2.89. The van der Waals surface area contributed by atoms with Crippen LogP contribution in [0.2, 0.25) is 0 Å². The fraction of sp³-hybridized carbons (Fsp3) is 0.500. The summed E-state index contributed by atoms with van der Waals surface area (Å²) in [5.41, 5.74) is 2.65. The number of hydrogen-bond donors (Lipinski definition) is 2. The van der Waals surface area contributed by atoms with E-state index in [1.165, 1.54) is 11.3 Å². The monoisotopic (exact) mass is 191 g/mol. The summed E-state index contributed by atoms with van der Waals surface area (Å²) in [5.74, 6) is 0.361. The average molecular weight is 191 g/mol. The molecule has 0 aromatic heterocycles. The Bertz CT molecular complexity index is 352. The zero-order valence-corrected chi connectivity index (χ0v) is 8.96. The van der Waals surface area contributed by atoms with Gasteiger partial charge in [-0.3, -0.25) is 0 Å². The maximum absolute atomic E-state index is 9.36. The number of phenols is 1. The molecule has 76 valence electrons. The van der Waals surface area contributed by atoms with Crippen molar-refractivity contribution in [2.45, 2.75) is 33.2 Å². The third kappa shape index (κ3) is 1.57. The molecule has 1 aliphatic rings. The molecular formula is C12H17NO. The van der Waals surface area contributed by atoms with Gasteiger partial charge in [0.15, 0.2) is 0 Å². The molecule has 1 aromatic rings. The fourth-order valence-corrected chi connectivity index (χ4v) is 1.87. The summed E-state index contributed by atoms with van der Waals surface area (Å²) >= 11 is 0. The lowest BCUT2D eigenvalue weighted by atomic mass is 9.85. The number of fused-ring (bicyclic) bond motifs is 1. The first-order chi connectivity index (χ1) is 6.47. The number of anilines is 1. The van der Waals surface area contributed by atoms with Crippen LogP contribution in [-0.4, -0.2) is 11.1 Å². The summed E-state index contributed by atoms with van der Waals surface area (Å²) in [6.45, 7) is 6.70. The molecule has 0 saturated heterocycles. The molecule has 0 aliphatic carbocycles. The summed E-state index contributed by atoms with van der Waals surface area (Å²) in [4.78, 5) is 0. The van der Waals surface area contributed by atoms with Crippen LogP contribution in [0.5, 0.6) is 5.75 Å². The van der Waals surface area contributed by atoms with E-state index in [1.54, 1.807) is 6.07 Å². The van der Waals surface area contributed by atoms with Crippen molar-refractivity contribution in [3.05, 3.63) is 23.8 Å². The van der Waals surface area contributed by atoms with Crippen LogP contribution in [0.25, 0.3) is 0 Å². The van der Waals surface area contributed by atoms with E-state index in [9.17, 15) is 5.11 Å². The van der Waals surface area contributed by atoms with E-state index < -0.39 is 0 Å². The van der Waals surface area contributed by atoms with Gasteiger partial charge in [-0.15, -0.1) is 0 Å². The van der Waals surface area contributed by atoms with E-state index in [0.29, 0.717) is 11.8 Å². The van der Waals surface area contributed by atoms with Crippen molar-refractivity contribution in [1.29, 1.82) is 0 Å². The van der Waals surface area contributed by atoms with E-state index in [0.717, 1.165) is 6.42 Å². The molecule has 0 fully saturated rings. The Morgan fingerprint density at radius 3 is 2.71 bits per heavy atom. The maximum Gasteiger partial charge on any atom is 0.116 e. The molecular weight excluding hydrogens is 174 g/mol. The predicted molar refractivity (Wildman–Crippen MR) is 58.7 cm³/mol. The second-order valence-electron chi connectivity index (χ2n) is 5.11. The lowest BCUT2D eigenvalue weighted by molar-refractivity contribution is 0.347. The predicted octanol–water partition coefficient (Wildman–Crippen LogP) is 2.77. The van der Waals surface area contributed by atoms with Gasteiger partial charge < -0.3 is 10.4 Å². The Morgan fingerprint density at radius 2 is 2.07 bits per heavy atom. The van der Waals surface area contributed by atoms with E-state index in [-0.39, 0.29) is 5.41 Å². The van der Waals surface area contributed by atoms with Gasteiger partial charge in [-0.2, -0.15) is 0 Å². The molecule has 0 spiro atoms. The first kappa shape index (κ1) is 9.38. The van der Waals surface area contributed by atoms with Crippen LogP contribution < -0.4 is 5.32 Å². The first-order valence-electron chi connectivity index (χ1n) is 5.05. The van der Waals surface area contributed by atoms with Gasteiger partial charge in [0.25, 0.3) is 0 Å².